The van der Waals surface area contributed by atoms with Crippen LogP contribution < -0.4 is 37.2 Å². The Bertz CT molecular complexity index is 2050. The molecule has 7 amide bonds. The maximum Gasteiger partial charge on any atom is 0.339 e. The van der Waals surface area contributed by atoms with Crippen molar-refractivity contribution in [3.8, 4) is 5.75 Å². The second-order valence-electron chi connectivity index (χ2n) is 17.0. The normalized spacial score (nSPS) is 17.4. The third-order valence-corrected chi connectivity index (χ3v) is 13.0. The number of ether oxygens (including phenoxy) is 1. The fourth-order valence-corrected chi connectivity index (χ4v) is 9.53. The molecule has 4 rings (SSSR count). The number of Topliss-reactive ketones (excluding diaryl/α,β-unsaturated/α-hetero) is 1. The molecule has 9 N–H and O–H groups in total. The summed E-state index contributed by atoms with van der Waals surface area (Å²) in [6, 6.07) is 8.15. The summed E-state index contributed by atoms with van der Waals surface area (Å²) < 4.78 is 5.17. The molecule has 0 spiro atoms. The zero-order chi connectivity index (χ0) is 48.9. The number of hydrogen-bond donors (Lipinski definition) is 9. The van der Waals surface area contributed by atoms with E-state index in [4.69, 9.17) is 4.74 Å². The smallest absolute Gasteiger partial charge is 0.339 e. The first-order valence-corrected chi connectivity index (χ1v) is 23.9. The molecule has 2 fully saturated rings. The number of esters is 1. The number of benzene rings is 2. The summed E-state index contributed by atoms with van der Waals surface area (Å²) in [7, 11) is 0. The number of aryl methyl sites for hydroxylation is 2. The predicted molar refractivity (Wildman–Crippen MR) is 249 cm³/mol. The second kappa shape index (κ2) is 27.5. The van der Waals surface area contributed by atoms with Gasteiger partial charge in [0.1, 0.15) is 23.9 Å². The molecule has 0 aliphatic carbocycles. The number of hydrogen-bond acceptors (Lipinski definition) is 12. The zero-order valence-corrected chi connectivity index (χ0v) is 39.2. The van der Waals surface area contributed by atoms with Gasteiger partial charge in [0.25, 0.3) is 0 Å². The Labute approximate surface area is 394 Å². The van der Waals surface area contributed by atoms with E-state index in [2.05, 4.69) is 37.2 Å². The highest BCUT2D eigenvalue weighted by Crippen LogP contribution is 2.33. The van der Waals surface area contributed by atoms with E-state index < -0.39 is 72.5 Å². The van der Waals surface area contributed by atoms with E-state index >= 15 is 0 Å². The molecule has 366 valence electrons. The van der Waals surface area contributed by atoms with E-state index in [9.17, 15) is 53.4 Å². The number of carboxylic acids is 1. The van der Waals surface area contributed by atoms with Crippen LogP contribution in [0.15, 0.2) is 42.5 Å². The molecule has 0 saturated carbocycles. The second-order valence-corrected chi connectivity index (χ2v) is 18.3. The summed E-state index contributed by atoms with van der Waals surface area (Å²) in [5.74, 6) is -4.05. The number of carboxylic acid groups (broad SMARTS) is 1. The molecule has 2 aliphatic heterocycles. The third-order valence-electron chi connectivity index (χ3n) is 11.5. The van der Waals surface area contributed by atoms with Gasteiger partial charge in [-0.05, 0) is 87.6 Å². The number of unbranched alkanes of at least 4 members (excludes halogenated alkanes) is 4. The van der Waals surface area contributed by atoms with Crippen LogP contribution in [0.2, 0.25) is 0 Å². The molecule has 6 atom stereocenters. The summed E-state index contributed by atoms with van der Waals surface area (Å²) in [5, 5.41) is 39.0. The molecule has 2 aliphatic rings. The highest BCUT2D eigenvalue weighted by Gasteiger charge is 2.42. The van der Waals surface area contributed by atoms with Gasteiger partial charge >= 0.3 is 18.0 Å². The van der Waals surface area contributed by atoms with Crippen LogP contribution >= 0.6 is 11.8 Å². The standard InChI is InChI=1S/C47H65N7O12S/c1-28-12-11-13-29(2)42(28)46(64)66-26-37(57)34(25-41(60)61)51-40(59)17-5-4-9-23-49-44(62)35(24-31-18-20-32(56)21-19-31)52-45(63)33(50-30(3)55)14-8-10-22-48-39(58)16-7-6-15-38-43-36(27-67-38)53-47(65)54-43/h11-13,18-21,33-36,38,43,56H,4-10,14-17,22-27H2,1-3H3,(H,48,58)(H,49,62)(H,50,55)(H,51,59)(H,52,63)(H,60,61)(H2,53,54,65)/t33-,34-,35-,36-,38-,43-/m0/s1. The lowest BCUT2D eigenvalue weighted by molar-refractivity contribution is -0.140. The summed E-state index contributed by atoms with van der Waals surface area (Å²) in [6.07, 6.45) is 4.78. The number of nitrogens with one attached hydrogen (secondary N) is 7. The Kier molecular flexibility index (Phi) is 21.9. The lowest BCUT2D eigenvalue weighted by atomic mass is 10.0. The minimum Gasteiger partial charge on any atom is -0.508 e. The van der Waals surface area contributed by atoms with Crippen molar-refractivity contribution >= 4 is 65.1 Å². The molecule has 20 heteroatoms. The first-order valence-electron chi connectivity index (χ1n) is 22.9. The van der Waals surface area contributed by atoms with E-state index in [0.717, 1.165) is 25.0 Å². The lowest BCUT2D eigenvalue weighted by Gasteiger charge is -2.23. The number of aromatic hydroxyl groups is 1. The summed E-state index contributed by atoms with van der Waals surface area (Å²) in [6.45, 7) is 4.59. The number of rotatable bonds is 29. The minimum atomic E-state index is -1.41. The third kappa shape index (κ3) is 18.6. The lowest BCUT2D eigenvalue weighted by Crippen LogP contribution is -2.54. The number of aliphatic carboxylic acids is 1. The largest absolute Gasteiger partial charge is 0.508 e. The number of phenolic OH excluding ortho intramolecular Hbond substituents is 1. The maximum absolute atomic E-state index is 13.6. The van der Waals surface area contributed by atoms with Crippen LogP contribution in [0.1, 0.15) is 111 Å². The molecule has 0 radical (unpaired) electrons. The number of carbonyl (C=O) groups is 9. The van der Waals surface area contributed by atoms with Crippen LogP contribution in [0.25, 0.3) is 0 Å². The highest BCUT2D eigenvalue weighted by molar-refractivity contribution is 8.00. The molecular formula is C47H65N7O12S. The zero-order valence-electron chi connectivity index (χ0n) is 38.4. The SMILES string of the molecule is CC(=O)N[C@@H](CCCCNC(=O)CCCC[C@@H]1SC[C@@H]2NC(=O)N[C@@H]21)C(=O)N[C@@H](Cc1ccc(O)cc1)C(=O)NCCCCCC(=O)N[C@@H](CC(=O)O)C(=O)COC(=O)c1c(C)cccc1C. The van der Waals surface area contributed by atoms with Crippen molar-refractivity contribution in [3.05, 3.63) is 64.7 Å². The van der Waals surface area contributed by atoms with Crippen LogP contribution in [-0.4, -0.2) is 124 Å². The first kappa shape index (κ1) is 53.4. The van der Waals surface area contributed by atoms with Gasteiger partial charge in [-0.2, -0.15) is 11.8 Å². The van der Waals surface area contributed by atoms with Crippen molar-refractivity contribution in [2.75, 3.05) is 25.4 Å². The average molecular weight is 952 g/mol. The van der Waals surface area contributed by atoms with Crippen molar-refractivity contribution < 1.29 is 58.1 Å². The van der Waals surface area contributed by atoms with Gasteiger partial charge in [0.2, 0.25) is 29.5 Å². The predicted octanol–water partition coefficient (Wildman–Crippen LogP) is 2.62. The minimum absolute atomic E-state index is 0.0265. The summed E-state index contributed by atoms with van der Waals surface area (Å²) in [4.78, 5) is 113. The number of thioether (sulfide) groups is 1. The van der Waals surface area contributed by atoms with E-state index in [-0.39, 0.29) is 55.6 Å². The Morgan fingerprint density at radius 3 is 2.13 bits per heavy atom. The van der Waals surface area contributed by atoms with Gasteiger partial charge in [-0.15, -0.1) is 0 Å². The van der Waals surface area contributed by atoms with Crippen LogP contribution in [-0.2, 0) is 44.7 Å². The molecule has 2 aromatic carbocycles. The van der Waals surface area contributed by atoms with Gasteiger partial charge in [-0.25, -0.2) is 9.59 Å². The first-order chi connectivity index (χ1) is 32.0. The van der Waals surface area contributed by atoms with Crippen LogP contribution in [0.5, 0.6) is 5.75 Å². The van der Waals surface area contributed by atoms with Crippen molar-refractivity contribution in [1.29, 1.82) is 0 Å². The van der Waals surface area contributed by atoms with Gasteiger partial charge in [0.05, 0.1) is 24.1 Å². The Morgan fingerprint density at radius 2 is 1.43 bits per heavy atom. The van der Waals surface area contributed by atoms with Crippen molar-refractivity contribution in [2.45, 2.75) is 140 Å². The molecular weight excluding hydrogens is 887 g/mol. The number of fused-ring (bicyclic) bond motifs is 1. The molecule has 0 unspecified atom stereocenters. The van der Waals surface area contributed by atoms with E-state index in [1.165, 1.54) is 19.1 Å². The van der Waals surface area contributed by atoms with Crippen molar-refractivity contribution in [2.24, 2.45) is 0 Å². The fourth-order valence-electron chi connectivity index (χ4n) is 7.98. The van der Waals surface area contributed by atoms with E-state index in [0.29, 0.717) is 72.6 Å². The molecule has 2 aromatic rings. The number of urea groups is 1. The van der Waals surface area contributed by atoms with Gasteiger partial charge < -0.3 is 52.2 Å². The number of amides is 7. The monoisotopic (exact) mass is 951 g/mol. The number of ketones is 1. The Morgan fingerprint density at radius 1 is 0.761 bits per heavy atom. The number of phenols is 1. The molecule has 2 saturated heterocycles. The van der Waals surface area contributed by atoms with E-state index in [1.54, 1.807) is 44.2 Å². The fraction of sp³-hybridized carbons (Fsp3) is 0.553. The van der Waals surface area contributed by atoms with Crippen molar-refractivity contribution in [1.82, 2.24) is 37.2 Å². The molecule has 0 bridgehead atoms. The quantitative estimate of drug-likeness (QED) is 0.0323. The molecule has 19 nitrogen and oxygen atoms in total. The maximum atomic E-state index is 13.6. The van der Waals surface area contributed by atoms with Gasteiger partial charge in [0, 0.05) is 50.3 Å². The highest BCUT2D eigenvalue weighted by atomic mass is 32.2. The van der Waals surface area contributed by atoms with Crippen molar-refractivity contribution in [3.63, 3.8) is 0 Å². The summed E-state index contributed by atoms with van der Waals surface area (Å²) >= 11 is 1.84. The van der Waals surface area contributed by atoms with Gasteiger partial charge in [-0.1, -0.05) is 43.2 Å². The van der Waals surface area contributed by atoms with Crippen LogP contribution in [0.3, 0.4) is 0 Å². The topological polar surface area (TPSA) is 288 Å². The van der Waals surface area contributed by atoms with Crippen LogP contribution in [0, 0.1) is 13.8 Å². The van der Waals surface area contributed by atoms with Crippen LogP contribution in [0.4, 0.5) is 4.79 Å². The molecule has 2 heterocycles. The molecule has 0 aromatic heterocycles. The van der Waals surface area contributed by atoms with E-state index in [1.807, 2.05) is 11.8 Å². The average Bonchev–Trinajstić information content (AvgIpc) is 3.83. The van der Waals surface area contributed by atoms with Gasteiger partial charge in [-0.3, -0.25) is 33.6 Å². The van der Waals surface area contributed by atoms with Gasteiger partial charge in [0.15, 0.2) is 12.4 Å². The number of carbonyl (C=O) groups excluding carboxylic acids is 8. The Balaban J connectivity index is 1.18. The summed E-state index contributed by atoms with van der Waals surface area (Å²) in [5.41, 5.74) is 2.26. The Hall–Kier alpha value is -6.18. The molecule has 67 heavy (non-hydrogen) atoms.